The Morgan fingerprint density at radius 3 is 2.67 bits per heavy atom. The van der Waals surface area contributed by atoms with Crippen LogP contribution >= 0.6 is 0 Å². The minimum absolute atomic E-state index is 0.0115. The Hall–Kier alpha value is -3.30. The number of anilines is 3. The molecule has 0 radical (unpaired) electrons. The van der Waals surface area contributed by atoms with Crippen LogP contribution in [0.2, 0.25) is 0 Å². The number of rotatable bonds is 7. The fourth-order valence-corrected chi connectivity index (χ4v) is 1.90. The van der Waals surface area contributed by atoms with Gasteiger partial charge in [-0.25, -0.2) is 15.0 Å². The Balaban J connectivity index is 2.34. The zero-order valence-electron chi connectivity index (χ0n) is 12.8. The Bertz CT molecular complexity index is 769. The first kappa shape index (κ1) is 17.1. The van der Waals surface area contributed by atoms with E-state index in [1.165, 1.54) is 18.5 Å². The number of amides is 2. The van der Waals surface area contributed by atoms with Crippen LogP contribution in [-0.2, 0) is 4.79 Å². The van der Waals surface area contributed by atoms with Crippen LogP contribution in [0.1, 0.15) is 23.8 Å². The van der Waals surface area contributed by atoms with Gasteiger partial charge in [-0.05, 0) is 12.5 Å². The molecule has 0 aliphatic rings. The highest BCUT2D eigenvalue weighted by Gasteiger charge is 2.17. The first-order chi connectivity index (χ1) is 11.4. The minimum Gasteiger partial charge on any atom is -0.368 e. The van der Waals surface area contributed by atoms with E-state index in [2.05, 4.69) is 25.6 Å². The number of halogens is 1. The number of hydrogen-bond donors (Lipinski definition) is 4. The lowest BCUT2D eigenvalue weighted by atomic mass is 10.2. The van der Waals surface area contributed by atoms with Crippen LogP contribution in [0.4, 0.5) is 21.7 Å². The molecular weight excluding hydrogens is 317 g/mol. The first-order valence-corrected chi connectivity index (χ1v) is 7.02. The lowest BCUT2D eigenvalue weighted by Crippen LogP contribution is -2.35. The van der Waals surface area contributed by atoms with E-state index >= 15 is 0 Å². The van der Waals surface area contributed by atoms with Crippen molar-refractivity contribution in [2.45, 2.75) is 19.4 Å². The molecule has 6 N–H and O–H groups in total. The van der Waals surface area contributed by atoms with E-state index in [1.807, 2.05) is 0 Å². The Morgan fingerprint density at radius 2 is 2.08 bits per heavy atom. The van der Waals surface area contributed by atoms with Gasteiger partial charge in [0, 0.05) is 18.0 Å². The first-order valence-electron chi connectivity index (χ1n) is 7.02. The highest BCUT2D eigenvalue weighted by molar-refractivity contribution is 5.96. The van der Waals surface area contributed by atoms with E-state index in [9.17, 15) is 14.0 Å². The Kier molecular flexibility index (Phi) is 5.20. The van der Waals surface area contributed by atoms with Crippen LogP contribution in [0.25, 0.3) is 0 Å². The minimum atomic E-state index is -0.812. The van der Waals surface area contributed by atoms with Crippen molar-refractivity contribution >= 4 is 29.1 Å². The van der Waals surface area contributed by atoms with Crippen LogP contribution in [-0.4, -0.2) is 32.8 Å². The van der Waals surface area contributed by atoms with Gasteiger partial charge in [-0.2, -0.15) is 4.39 Å². The molecule has 0 fully saturated rings. The molecule has 0 aliphatic heterocycles. The van der Waals surface area contributed by atoms with Crippen molar-refractivity contribution in [1.29, 1.82) is 0 Å². The molecule has 10 heteroatoms. The van der Waals surface area contributed by atoms with Crippen LogP contribution in [0, 0.1) is 5.95 Å². The molecule has 2 amide bonds. The number of nitrogens with two attached hydrogens (primary N) is 2. The summed E-state index contributed by atoms with van der Waals surface area (Å²) in [4.78, 5) is 34.3. The molecule has 0 saturated carbocycles. The predicted molar refractivity (Wildman–Crippen MR) is 84.9 cm³/mol. The zero-order valence-corrected chi connectivity index (χ0v) is 12.8. The van der Waals surface area contributed by atoms with Gasteiger partial charge in [0.2, 0.25) is 11.9 Å². The lowest BCUT2D eigenvalue weighted by molar-refractivity contribution is -0.118. The van der Waals surface area contributed by atoms with Gasteiger partial charge in [0.25, 0.3) is 5.91 Å². The SMILES string of the molecule is CCC(Nc1cnc(C(N)=O)c(Nc2ccnc(F)c2)n1)C(N)=O. The monoisotopic (exact) mass is 333 g/mol. The van der Waals surface area contributed by atoms with E-state index in [-0.39, 0.29) is 17.3 Å². The van der Waals surface area contributed by atoms with Crippen molar-refractivity contribution in [3.63, 3.8) is 0 Å². The van der Waals surface area contributed by atoms with Crippen molar-refractivity contribution in [3.05, 3.63) is 36.2 Å². The lowest BCUT2D eigenvalue weighted by Gasteiger charge is -2.15. The van der Waals surface area contributed by atoms with Gasteiger partial charge < -0.3 is 22.1 Å². The number of hydrogen-bond acceptors (Lipinski definition) is 7. The van der Waals surface area contributed by atoms with E-state index < -0.39 is 23.8 Å². The average Bonchev–Trinajstić information content (AvgIpc) is 2.52. The Labute approximate surface area is 136 Å². The molecule has 0 saturated heterocycles. The molecule has 0 aromatic carbocycles. The Morgan fingerprint density at radius 1 is 1.33 bits per heavy atom. The van der Waals surface area contributed by atoms with E-state index in [1.54, 1.807) is 6.92 Å². The van der Waals surface area contributed by atoms with Crippen molar-refractivity contribution in [2.75, 3.05) is 10.6 Å². The second-order valence-electron chi connectivity index (χ2n) is 4.82. The van der Waals surface area contributed by atoms with E-state index in [0.717, 1.165) is 6.07 Å². The number of nitrogens with one attached hydrogen (secondary N) is 2. The van der Waals surface area contributed by atoms with Gasteiger partial charge in [-0.3, -0.25) is 9.59 Å². The molecule has 2 aromatic heterocycles. The third-order valence-corrected chi connectivity index (χ3v) is 3.07. The molecule has 0 aliphatic carbocycles. The number of nitrogens with zero attached hydrogens (tertiary/aromatic N) is 3. The third-order valence-electron chi connectivity index (χ3n) is 3.07. The smallest absolute Gasteiger partial charge is 0.271 e. The highest BCUT2D eigenvalue weighted by atomic mass is 19.1. The fraction of sp³-hybridized carbons (Fsp3) is 0.214. The van der Waals surface area contributed by atoms with Gasteiger partial charge in [-0.15, -0.1) is 0 Å². The summed E-state index contributed by atoms with van der Waals surface area (Å²) >= 11 is 0. The predicted octanol–water partition coefficient (Wildman–Crippen LogP) is 0.529. The molecule has 0 spiro atoms. The van der Waals surface area contributed by atoms with Gasteiger partial charge in [0.05, 0.1) is 6.20 Å². The number of carbonyl (C=O) groups excluding carboxylic acids is 2. The molecule has 2 rings (SSSR count). The van der Waals surface area contributed by atoms with Crippen molar-refractivity contribution in [3.8, 4) is 0 Å². The summed E-state index contributed by atoms with van der Waals surface area (Å²) in [6, 6.07) is 1.95. The van der Waals surface area contributed by atoms with Gasteiger partial charge in [0.15, 0.2) is 11.5 Å². The standard InChI is InChI=1S/C14H16FN7O2/c1-2-8(12(16)23)21-10-6-19-11(13(17)24)14(22-10)20-7-3-4-18-9(15)5-7/h3-6,8H,2H2,1H3,(H2,16,23)(H2,17,24)(H2,18,20,21,22). The third kappa shape index (κ3) is 4.12. The van der Waals surface area contributed by atoms with Crippen LogP contribution < -0.4 is 22.1 Å². The van der Waals surface area contributed by atoms with Gasteiger partial charge in [-0.1, -0.05) is 6.92 Å². The van der Waals surface area contributed by atoms with Crippen molar-refractivity contribution < 1.29 is 14.0 Å². The maximum absolute atomic E-state index is 13.2. The molecule has 9 nitrogen and oxygen atoms in total. The van der Waals surface area contributed by atoms with E-state index in [4.69, 9.17) is 11.5 Å². The topological polar surface area (TPSA) is 149 Å². The largest absolute Gasteiger partial charge is 0.368 e. The number of aromatic nitrogens is 3. The van der Waals surface area contributed by atoms with Crippen LogP contribution in [0.15, 0.2) is 24.5 Å². The molecule has 126 valence electrons. The molecule has 1 atom stereocenters. The zero-order chi connectivity index (χ0) is 17.7. The summed E-state index contributed by atoms with van der Waals surface area (Å²) in [7, 11) is 0. The van der Waals surface area contributed by atoms with Crippen molar-refractivity contribution in [2.24, 2.45) is 11.5 Å². The normalized spacial score (nSPS) is 11.6. The maximum atomic E-state index is 13.2. The molecule has 2 aromatic rings. The molecule has 24 heavy (non-hydrogen) atoms. The van der Waals surface area contributed by atoms with E-state index in [0.29, 0.717) is 12.1 Å². The van der Waals surface area contributed by atoms with Crippen molar-refractivity contribution in [1.82, 2.24) is 15.0 Å². The molecule has 1 unspecified atom stereocenters. The summed E-state index contributed by atoms with van der Waals surface area (Å²) in [5.74, 6) is -1.85. The van der Waals surface area contributed by atoms with Crippen LogP contribution in [0.5, 0.6) is 0 Å². The van der Waals surface area contributed by atoms with Gasteiger partial charge in [0.1, 0.15) is 11.9 Å². The number of pyridine rings is 1. The molecular formula is C14H16FN7O2. The summed E-state index contributed by atoms with van der Waals surface area (Å²) in [6.45, 7) is 1.77. The maximum Gasteiger partial charge on any atom is 0.271 e. The molecule has 2 heterocycles. The highest BCUT2D eigenvalue weighted by Crippen LogP contribution is 2.19. The summed E-state index contributed by atoms with van der Waals surface area (Å²) < 4.78 is 13.2. The summed E-state index contributed by atoms with van der Waals surface area (Å²) in [5.41, 5.74) is 10.7. The fourth-order valence-electron chi connectivity index (χ4n) is 1.90. The average molecular weight is 333 g/mol. The quantitative estimate of drug-likeness (QED) is 0.540. The summed E-state index contributed by atoms with van der Waals surface area (Å²) in [5, 5.41) is 5.55. The number of carbonyl (C=O) groups is 2. The van der Waals surface area contributed by atoms with Crippen LogP contribution in [0.3, 0.4) is 0 Å². The molecule has 0 bridgehead atoms. The second kappa shape index (κ2) is 7.31. The second-order valence-corrected chi connectivity index (χ2v) is 4.82. The van der Waals surface area contributed by atoms with Gasteiger partial charge >= 0.3 is 0 Å². The summed E-state index contributed by atoms with van der Waals surface area (Å²) in [6.07, 6.45) is 2.94. The number of primary amides is 2.